The molecule has 0 bridgehead atoms. The summed E-state index contributed by atoms with van der Waals surface area (Å²) < 4.78 is 19.9. The van der Waals surface area contributed by atoms with Crippen molar-refractivity contribution in [3.63, 3.8) is 0 Å². The summed E-state index contributed by atoms with van der Waals surface area (Å²) in [6, 6.07) is 24.2. The van der Waals surface area contributed by atoms with Crippen molar-refractivity contribution in [3.8, 4) is 34.0 Å². The van der Waals surface area contributed by atoms with Crippen LogP contribution in [-0.2, 0) is 13.2 Å². The monoisotopic (exact) mass is 554 g/mol. The molecule has 6 nitrogen and oxygen atoms in total. The molecule has 2 heterocycles. The molecule has 0 unspecified atom stereocenters. The molecular formula is C24H18N4O2Se2. The molecule has 0 atom stereocenters. The summed E-state index contributed by atoms with van der Waals surface area (Å²) in [6.45, 7) is 1.03. The van der Waals surface area contributed by atoms with Crippen molar-refractivity contribution < 1.29 is 9.47 Å². The first-order valence-electron chi connectivity index (χ1n) is 9.92. The van der Waals surface area contributed by atoms with Crippen LogP contribution in [0.2, 0.25) is 0 Å². The van der Waals surface area contributed by atoms with Crippen LogP contribution < -0.4 is 9.47 Å². The SMILES string of the molecule is c1cc(COc2ccc(-c3c[se]nn3)cc2)ccc1COc1ccc(-c2c[se]nn2)cc1. The van der Waals surface area contributed by atoms with Gasteiger partial charge in [0.05, 0.1) is 0 Å². The van der Waals surface area contributed by atoms with E-state index in [1.165, 1.54) is 0 Å². The molecule has 0 amide bonds. The van der Waals surface area contributed by atoms with Gasteiger partial charge in [-0.1, -0.05) is 0 Å². The van der Waals surface area contributed by atoms with Gasteiger partial charge in [0.1, 0.15) is 0 Å². The van der Waals surface area contributed by atoms with Gasteiger partial charge in [-0.3, -0.25) is 0 Å². The topological polar surface area (TPSA) is 70.0 Å². The van der Waals surface area contributed by atoms with Gasteiger partial charge in [0.25, 0.3) is 0 Å². The van der Waals surface area contributed by atoms with Crippen molar-refractivity contribution in [2.45, 2.75) is 13.2 Å². The molecule has 158 valence electrons. The average Bonchev–Trinajstić information content (AvgIpc) is 3.58. The Bertz CT molecular complexity index is 1140. The summed E-state index contributed by atoms with van der Waals surface area (Å²) in [6.07, 6.45) is 0. The van der Waals surface area contributed by atoms with Gasteiger partial charge in [0.2, 0.25) is 0 Å². The second kappa shape index (κ2) is 10.1. The number of rotatable bonds is 8. The third-order valence-corrected chi connectivity index (χ3v) is 6.97. The standard InChI is InChI=1S/C24H18N4O2Se2/c1-2-18(14-30-22-11-7-20(8-12-22)24-16-32-28-26-24)4-3-17(1)13-29-21-9-5-19(6-10-21)23-15-31-27-25-23/h1-12,15-16H,13-14H2. The summed E-state index contributed by atoms with van der Waals surface area (Å²) in [5.74, 6) is 1.67. The number of nitrogens with zero attached hydrogens (tertiary/aromatic N) is 4. The molecule has 0 saturated carbocycles. The predicted molar refractivity (Wildman–Crippen MR) is 124 cm³/mol. The number of benzene rings is 3. The van der Waals surface area contributed by atoms with Crippen molar-refractivity contribution in [1.82, 2.24) is 18.4 Å². The number of hydrogen-bond acceptors (Lipinski definition) is 6. The zero-order chi connectivity index (χ0) is 21.6. The maximum atomic E-state index is 5.91. The van der Waals surface area contributed by atoms with E-state index in [4.69, 9.17) is 9.47 Å². The molecule has 0 radical (unpaired) electrons. The van der Waals surface area contributed by atoms with E-state index in [0.29, 0.717) is 13.2 Å². The summed E-state index contributed by atoms with van der Waals surface area (Å²) in [5.41, 5.74) is 6.26. The maximum absolute atomic E-state index is 5.91. The third-order valence-electron chi connectivity index (χ3n) is 4.85. The van der Waals surface area contributed by atoms with Crippen LogP contribution in [0.15, 0.2) is 82.7 Å². The van der Waals surface area contributed by atoms with Crippen molar-refractivity contribution in [2.24, 2.45) is 0 Å². The van der Waals surface area contributed by atoms with E-state index in [0.717, 1.165) is 45.1 Å². The van der Waals surface area contributed by atoms with Gasteiger partial charge in [0.15, 0.2) is 0 Å². The summed E-state index contributed by atoms with van der Waals surface area (Å²) in [7, 11) is 0. The Kier molecular flexibility index (Phi) is 6.56. The van der Waals surface area contributed by atoms with E-state index in [1.54, 1.807) is 0 Å². The van der Waals surface area contributed by atoms with E-state index < -0.39 is 0 Å². The first kappa shape index (κ1) is 20.9. The first-order valence-corrected chi connectivity index (χ1v) is 13.4. The van der Waals surface area contributed by atoms with Gasteiger partial charge in [-0.05, 0) is 0 Å². The molecule has 0 N–H and O–H groups in total. The van der Waals surface area contributed by atoms with E-state index in [9.17, 15) is 0 Å². The number of ether oxygens (including phenoxy) is 2. The second-order valence-corrected chi connectivity index (χ2v) is 9.58. The molecule has 0 aliphatic heterocycles. The van der Waals surface area contributed by atoms with E-state index in [-0.39, 0.29) is 29.5 Å². The van der Waals surface area contributed by atoms with Crippen LogP contribution >= 0.6 is 0 Å². The Balaban J connectivity index is 1.12. The molecule has 0 spiro atoms. The normalized spacial score (nSPS) is 10.8. The molecule has 32 heavy (non-hydrogen) atoms. The number of aromatic nitrogens is 4. The van der Waals surface area contributed by atoms with E-state index in [2.05, 4.69) is 52.5 Å². The van der Waals surface area contributed by atoms with Crippen LogP contribution in [0.5, 0.6) is 11.5 Å². The minimum atomic E-state index is 0.146. The minimum absolute atomic E-state index is 0.146. The molecule has 0 saturated heterocycles. The molecule has 8 heteroatoms. The fraction of sp³-hybridized carbons (Fsp3) is 0.0833. The second-order valence-electron chi connectivity index (χ2n) is 7.02. The third kappa shape index (κ3) is 5.23. The quantitative estimate of drug-likeness (QED) is 0.273. The Morgan fingerprint density at radius 3 is 1.28 bits per heavy atom. The summed E-state index contributed by atoms with van der Waals surface area (Å²) in [4.78, 5) is 4.15. The van der Waals surface area contributed by atoms with Crippen molar-refractivity contribution in [3.05, 3.63) is 93.8 Å². The van der Waals surface area contributed by atoms with Crippen LogP contribution in [0.3, 0.4) is 0 Å². The zero-order valence-corrected chi connectivity index (χ0v) is 20.3. The molecule has 0 aliphatic rings. The Hall–Kier alpha value is -3.02. The fourth-order valence-electron chi connectivity index (χ4n) is 3.09. The molecule has 0 aliphatic carbocycles. The van der Waals surface area contributed by atoms with Crippen molar-refractivity contribution in [2.75, 3.05) is 0 Å². The summed E-state index contributed by atoms with van der Waals surface area (Å²) in [5, 5.41) is 8.29. The Morgan fingerprint density at radius 2 is 0.938 bits per heavy atom. The van der Waals surface area contributed by atoms with Crippen molar-refractivity contribution in [1.29, 1.82) is 0 Å². The van der Waals surface area contributed by atoms with Crippen LogP contribution in [0.25, 0.3) is 22.5 Å². The first-order chi connectivity index (χ1) is 15.8. The van der Waals surface area contributed by atoms with E-state index >= 15 is 0 Å². The zero-order valence-electron chi connectivity index (χ0n) is 16.9. The van der Waals surface area contributed by atoms with E-state index in [1.807, 2.05) is 48.5 Å². The van der Waals surface area contributed by atoms with Crippen LogP contribution in [0, 0.1) is 0 Å². The molecule has 2 aromatic heterocycles. The van der Waals surface area contributed by atoms with Crippen LogP contribution in [0.4, 0.5) is 0 Å². The van der Waals surface area contributed by atoms with Gasteiger partial charge in [-0.25, -0.2) is 0 Å². The van der Waals surface area contributed by atoms with Gasteiger partial charge in [0, 0.05) is 0 Å². The molecular weight excluding hydrogens is 534 g/mol. The van der Waals surface area contributed by atoms with Gasteiger partial charge in [-0.15, -0.1) is 0 Å². The average molecular weight is 552 g/mol. The predicted octanol–water partition coefficient (Wildman–Crippen LogP) is 3.87. The molecule has 5 aromatic rings. The molecule has 0 fully saturated rings. The van der Waals surface area contributed by atoms with Gasteiger partial charge < -0.3 is 0 Å². The van der Waals surface area contributed by atoms with Crippen LogP contribution in [0.1, 0.15) is 11.1 Å². The van der Waals surface area contributed by atoms with Gasteiger partial charge in [-0.2, -0.15) is 0 Å². The Morgan fingerprint density at radius 1 is 0.531 bits per heavy atom. The Labute approximate surface area is 197 Å². The summed E-state index contributed by atoms with van der Waals surface area (Å²) >= 11 is 0.292. The van der Waals surface area contributed by atoms with Crippen molar-refractivity contribution >= 4 is 29.5 Å². The fourth-order valence-corrected chi connectivity index (χ4v) is 5.04. The van der Waals surface area contributed by atoms with Gasteiger partial charge >= 0.3 is 198 Å². The molecule has 5 rings (SSSR count). The molecule has 3 aromatic carbocycles. The number of hydrogen-bond donors (Lipinski definition) is 0. The van der Waals surface area contributed by atoms with Crippen LogP contribution in [-0.4, -0.2) is 47.9 Å².